The van der Waals surface area contributed by atoms with Crippen molar-refractivity contribution in [1.82, 2.24) is 15.2 Å². The van der Waals surface area contributed by atoms with Gasteiger partial charge >= 0.3 is 0 Å². The highest BCUT2D eigenvalue weighted by atomic mass is 16.1. The van der Waals surface area contributed by atoms with E-state index in [9.17, 15) is 4.79 Å². The Morgan fingerprint density at radius 3 is 2.58 bits per heavy atom. The van der Waals surface area contributed by atoms with Crippen LogP contribution < -0.4 is 0 Å². The fourth-order valence-electron chi connectivity index (χ4n) is 3.39. The predicted octanol–water partition coefficient (Wildman–Crippen LogP) is 4.65. The van der Waals surface area contributed by atoms with E-state index in [4.69, 9.17) is 0 Å². The number of carbonyl (C=O) groups excluding carboxylic acids is 1. The third-order valence-electron chi connectivity index (χ3n) is 4.35. The minimum absolute atomic E-state index is 0.549. The average molecular weight is 315 g/mol. The van der Waals surface area contributed by atoms with E-state index < -0.39 is 0 Å². The van der Waals surface area contributed by atoms with Gasteiger partial charge in [-0.15, -0.1) is 0 Å². The summed E-state index contributed by atoms with van der Waals surface area (Å²) >= 11 is 0. The molecule has 4 aromatic rings. The first-order valence-electron chi connectivity index (χ1n) is 7.86. The Morgan fingerprint density at radius 1 is 1.04 bits per heavy atom. The topological polar surface area (TPSA) is 61.5 Å². The predicted molar refractivity (Wildman–Crippen MR) is 96.2 cm³/mol. The van der Waals surface area contributed by atoms with Gasteiger partial charge in [-0.2, -0.15) is 5.10 Å². The van der Waals surface area contributed by atoms with Crippen LogP contribution in [0.25, 0.3) is 33.4 Å². The van der Waals surface area contributed by atoms with E-state index in [1.807, 2.05) is 18.2 Å². The van der Waals surface area contributed by atoms with Gasteiger partial charge in [0.15, 0.2) is 6.29 Å². The molecule has 4 rings (SSSR count). The summed E-state index contributed by atoms with van der Waals surface area (Å²) in [6.07, 6.45) is 2.39. The van der Waals surface area contributed by atoms with E-state index in [1.54, 1.807) is 6.20 Å². The van der Waals surface area contributed by atoms with Crippen molar-refractivity contribution in [1.29, 1.82) is 0 Å². The first-order chi connectivity index (χ1) is 11.7. The molecule has 0 radical (unpaired) electrons. The number of nitrogens with one attached hydrogen (secondary N) is 2. The zero-order chi connectivity index (χ0) is 16.7. The molecule has 0 atom stereocenters. The van der Waals surface area contributed by atoms with Crippen LogP contribution in [-0.2, 0) is 0 Å². The Balaban J connectivity index is 2.14. The van der Waals surface area contributed by atoms with Crippen LogP contribution in [0.1, 0.15) is 21.5 Å². The number of aromatic amines is 2. The monoisotopic (exact) mass is 315 g/mol. The van der Waals surface area contributed by atoms with Crippen LogP contribution in [0, 0.1) is 13.8 Å². The number of hydrogen-bond acceptors (Lipinski definition) is 2. The van der Waals surface area contributed by atoms with Gasteiger partial charge < -0.3 is 4.98 Å². The molecular weight excluding hydrogens is 298 g/mol. The van der Waals surface area contributed by atoms with Crippen molar-refractivity contribution in [3.05, 3.63) is 65.4 Å². The lowest BCUT2D eigenvalue weighted by molar-refractivity contribution is 0.112. The first-order valence-corrected chi connectivity index (χ1v) is 7.86. The molecule has 4 heteroatoms. The Labute approximate surface area is 139 Å². The van der Waals surface area contributed by atoms with E-state index in [1.165, 1.54) is 16.5 Å². The largest absolute Gasteiger partial charge is 0.353 e. The summed E-state index contributed by atoms with van der Waals surface area (Å²) in [4.78, 5) is 14.9. The van der Waals surface area contributed by atoms with E-state index >= 15 is 0 Å². The summed E-state index contributed by atoms with van der Waals surface area (Å²) < 4.78 is 0. The molecule has 2 aromatic heterocycles. The Morgan fingerprint density at radius 2 is 1.83 bits per heavy atom. The Kier molecular flexibility index (Phi) is 3.31. The van der Waals surface area contributed by atoms with E-state index in [-0.39, 0.29) is 0 Å². The second-order valence-corrected chi connectivity index (χ2v) is 6.06. The Bertz CT molecular complexity index is 1040. The highest BCUT2D eigenvalue weighted by Crippen LogP contribution is 2.40. The van der Waals surface area contributed by atoms with Gasteiger partial charge in [-0.05, 0) is 36.6 Å². The number of carbonyl (C=O) groups is 1. The summed E-state index contributed by atoms with van der Waals surface area (Å²) in [7, 11) is 0. The number of nitrogens with zero attached hydrogens (tertiary/aromatic N) is 1. The molecule has 0 fully saturated rings. The van der Waals surface area contributed by atoms with Gasteiger partial charge in [0, 0.05) is 16.5 Å². The smallest absolute Gasteiger partial charge is 0.153 e. The van der Waals surface area contributed by atoms with Gasteiger partial charge in [0.25, 0.3) is 0 Å². The van der Waals surface area contributed by atoms with Gasteiger partial charge in [-0.1, -0.05) is 36.4 Å². The molecule has 2 N–H and O–H groups in total. The number of aromatic nitrogens is 3. The molecule has 0 spiro atoms. The van der Waals surface area contributed by atoms with Gasteiger partial charge in [-0.25, -0.2) is 0 Å². The zero-order valence-electron chi connectivity index (χ0n) is 13.6. The molecule has 0 aliphatic carbocycles. The van der Waals surface area contributed by atoms with Crippen LogP contribution in [0.5, 0.6) is 0 Å². The number of benzene rings is 2. The molecule has 0 saturated carbocycles. The molecule has 0 unspecified atom stereocenters. The standard InChI is InChI=1S/C20H17N3O/c1-12-8-13(2)17-16(9-12)22-20(19-15(11-24)10-21-23-19)18(17)14-6-4-3-5-7-14/h3-11,22H,1-2H3,(H,21,23). The fraction of sp³-hybridized carbons (Fsp3) is 0.100. The molecule has 4 nitrogen and oxygen atoms in total. The molecule has 0 aliphatic rings. The van der Waals surface area contributed by atoms with Crippen molar-refractivity contribution in [2.24, 2.45) is 0 Å². The lowest BCUT2D eigenvalue weighted by Gasteiger charge is -2.06. The van der Waals surface area contributed by atoms with Crippen molar-refractivity contribution in [2.45, 2.75) is 13.8 Å². The lowest BCUT2D eigenvalue weighted by Crippen LogP contribution is -1.88. The van der Waals surface area contributed by atoms with Crippen molar-refractivity contribution in [3.8, 4) is 22.5 Å². The fourth-order valence-corrected chi connectivity index (χ4v) is 3.39. The second-order valence-electron chi connectivity index (χ2n) is 6.06. The minimum Gasteiger partial charge on any atom is -0.353 e. The Hall–Kier alpha value is -3.14. The lowest BCUT2D eigenvalue weighted by atomic mass is 9.96. The van der Waals surface area contributed by atoms with Crippen LogP contribution >= 0.6 is 0 Å². The summed E-state index contributed by atoms with van der Waals surface area (Å²) in [5, 5.41) is 8.18. The third kappa shape index (κ3) is 2.15. The molecule has 0 saturated heterocycles. The molecular formula is C20H17N3O. The molecule has 118 valence electrons. The van der Waals surface area contributed by atoms with E-state index in [2.05, 4.69) is 53.3 Å². The van der Waals surface area contributed by atoms with E-state index in [0.717, 1.165) is 34.3 Å². The first kappa shape index (κ1) is 14.5. The summed E-state index contributed by atoms with van der Waals surface area (Å²) in [6.45, 7) is 4.20. The number of H-pyrrole nitrogens is 2. The van der Waals surface area contributed by atoms with Crippen LogP contribution in [0.2, 0.25) is 0 Å². The minimum atomic E-state index is 0.549. The van der Waals surface area contributed by atoms with Crippen molar-refractivity contribution in [2.75, 3.05) is 0 Å². The van der Waals surface area contributed by atoms with E-state index in [0.29, 0.717) is 5.56 Å². The van der Waals surface area contributed by atoms with Crippen molar-refractivity contribution in [3.63, 3.8) is 0 Å². The molecule has 0 amide bonds. The molecule has 0 bridgehead atoms. The molecule has 2 heterocycles. The van der Waals surface area contributed by atoms with Crippen LogP contribution in [-0.4, -0.2) is 21.5 Å². The maximum Gasteiger partial charge on any atom is 0.153 e. The highest BCUT2D eigenvalue weighted by molar-refractivity contribution is 6.06. The molecule has 0 aliphatic heterocycles. The van der Waals surface area contributed by atoms with Crippen molar-refractivity contribution >= 4 is 17.2 Å². The van der Waals surface area contributed by atoms with Gasteiger partial charge in [-0.3, -0.25) is 9.89 Å². The van der Waals surface area contributed by atoms with Crippen LogP contribution in [0.3, 0.4) is 0 Å². The normalized spacial score (nSPS) is 11.1. The number of hydrogen-bond donors (Lipinski definition) is 2. The number of aldehydes is 1. The van der Waals surface area contributed by atoms with Crippen LogP contribution in [0.15, 0.2) is 48.7 Å². The average Bonchev–Trinajstić information content (AvgIpc) is 3.19. The number of aryl methyl sites for hydroxylation is 2. The van der Waals surface area contributed by atoms with Gasteiger partial charge in [0.1, 0.15) is 0 Å². The quantitative estimate of drug-likeness (QED) is 0.540. The molecule has 2 aromatic carbocycles. The molecule has 24 heavy (non-hydrogen) atoms. The zero-order valence-corrected chi connectivity index (χ0v) is 13.6. The highest BCUT2D eigenvalue weighted by Gasteiger charge is 2.20. The summed E-state index contributed by atoms with van der Waals surface area (Å²) in [5.41, 5.74) is 7.83. The summed E-state index contributed by atoms with van der Waals surface area (Å²) in [6, 6.07) is 14.5. The number of rotatable bonds is 3. The third-order valence-corrected chi connectivity index (χ3v) is 4.35. The maximum absolute atomic E-state index is 11.4. The number of fused-ring (bicyclic) bond motifs is 1. The van der Waals surface area contributed by atoms with Crippen molar-refractivity contribution < 1.29 is 4.79 Å². The van der Waals surface area contributed by atoms with Crippen LogP contribution in [0.4, 0.5) is 0 Å². The van der Waals surface area contributed by atoms with Gasteiger partial charge in [0.2, 0.25) is 0 Å². The van der Waals surface area contributed by atoms with Gasteiger partial charge in [0.05, 0.1) is 23.1 Å². The maximum atomic E-state index is 11.4. The SMILES string of the molecule is Cc1cc(C)c2c(-c3ccccc3)c(-c3[nH]ncc3C=O)[nH]c2c1. The summed E-state index contributed by atoms with van der Waals surface area (Å²) in [5.74, 6) is 0. The second kappa shape index (κ2) is 5.49.